The van der Waals surface area contributed by atoms with E-state index in [1.165, 1.54) is 11.1 Å². The Morgan fingerprint density at radius 1 is 0.867 bits per heavy atom. The first-order valence-electron chi connectivity index (χ1n) is 5.94. The van der Waals surface area contributed by atoms with Crippen LogP contribution in [0.4, 0.5) is 0 Å². The molecule has 0 amide bonds. The monoisotopic (exact) mass is 209 g/mol. The fourth-order valence-electron chi connectivity index (χ4n) is 1.45. The van der Waals surface area contributed by atoms with E-state index in [2.05, 4.69) is 59.0 Å². The molecule has 0 aliphatic carbocycles. The van der Waals surface area contributed by atoms with Gasteiger partial charge in [0.25, 0.3) is 0 Å². The second kappa shape index (κ2) is 7.70. The first-order chi connectivity index (χ1) is 6.91. The molecule has 0 rings (SSSR count). The van der Waals surface area contributed by atoms with Gasteiger partial charge in [-0.1, -0.05) is 23.3 Å². The van der Waals surface area contributed by atoms with E-state index in [0.29, 0.717) is 12.1 Å². The van der Waals surface area contributed by atoms with Crippen molar-refractivity contribution in [1.82, 2.24) is 5.32 Å². The molecule has 0 aromatic rings. The maximum atomic E-state index is 3.60. The van der Waals surface area contributed by atoms with Gasteiger partial charge in [0.2, 0.25) is 0 Å². The summed E-state index contributed by atoms with van der Waals surface area (Å²) in [5, 5.41) is 3.60. The van der Waals surface area contributed by atoms with E-state index < -0.39 is 0 Å². The number of hydrogen-bond donors (Lipinski definition) is 1. The van der Waals surface area contributed by atoms with Gasteiger partial charge in [0.05, 0.1) is 0 Å². The fraction of sp³-hybridized carbons (Fsp3) is 0.714. The fourth-order valence-corrected chi connectivity index (χ4v) is 1.45. The summed E-state index contributed by atoms with van der Waals surface area (Å²) in [6.45, 7) is 13.1. The molecule has 15 heavy (non-hydrogen) atoms. The third kappa shape index (κ3) is 9.74. The Balaban J connectivity index is 3.81. The van der Waals surface area contributed by atoms with Crippen molar-refractivity contribution in [2.45, 2.75) is 66.5 Å². The first kappa shape index (κ1) is 14.4. The Bertz CT molecular complexity index is 193. The van der Waals surface area contributed by atoms with Crippen LogP contribution >= 0.6 is 0 Å². The molecule has 1 heteroatoms. The summed E-state index contributed by atoms with van der Waals surface area (Å²) in [4.78, 5) is 0. The van der Waals surface area contributed by atoms with E-state index in [1.54, 1.807) is 0 Å². The summed E-state index contributed by atoms with van der Waals surface area (Å²) in [7, 11) is 0. The molecule has 0 heterocycles. The normalized spacial score (nSPS) is 14.3. The van der Waals surface area contributed by atoms with Crippen LogP contribution in [0, 0.1) is 0 Å². The van der Waals surface area contributed by atoms with E-state index in [4.69, 9.17) is 0 Å². The Hall–Kier alpha value is -0.560. The molecular formula is C14H27N. The Kier molecular flexibility index (Phi) is 7.41. The average Bonchev–Trinajstić information content (AvgIpc) is 2.11. The predicted octanol–water partition coefficient (Wildman–Crippen LogP) is 4.07. The van der Waals surface area contributed by atoms with Gasteiger partial charge in [-0.25, -0.2) is 0 Å². The molecule has 0 aromatic heterocycles. The van der Waals surface area contributed by atoms with Crippen molar-refractivity contribution in [1.29, 1.82) is 0 Å². The second-order valence-corrected chi connectivity index (χ2v) is 5.00. The van der Waals surface area contributed by atoms with Crippen molar-refractivity contribution in [3.05, 3.63) is 23.3 Å². The van der Waals surface area contributed by atoms with Gasteiger partial charge in [0.15, 0.2) is 0 Å². The van der Waals surface area contributed by atoms with Gasteiger partial charge in [-0.3, -0.25) is 0 Å². The first-order valence-corrected chi connectivity index (χ1v) is 5.94. The second-order valence-electron chi connectivity index (χ2n) is 5.00. The summed E-state index contributed by atoms with van der Waals surface area (Å²) < 4.78 is 0. The van der Waals surface area contributed by atoms with Crippen LogP contribution in [0.2, 0.25) is 0 Å². The zero-order valence-corrected chi connectivity index (χ0v) is 11.2. The number of rotatable bonds is 6. The molecule has 0 aliphatic heterocycles. The van der Waals surface area contributed by atoms with E-state index >= 15 is 0 Å². The van der Waals surface area contributed by atoms with Gasteiger partial charge >= 0.3 is 0 Å². The Labute approximate surface area is 95.7 Å². The summed E-state index contributed by atoms with van der Waals surface area (Å²) in [6.07, 6.45) is 6.85. The van der Waals surface area contributed by atoms with Crippen molar-refractivity contribution in [3.63, 3.8) is 0 Å². The van der Waals surface area contributed by atoms with Gasteiger partial charge in [0, 0.05) is 12.1 Å². The van der Waals surface area contributed by atoms with Crippen LogP contribution in [0.5, 0.6) is 0 Å². The van der Waals surface area contributed by atoms with E-state index in [-0.39, 0.29) is 0 Å². The van der Waals surface area contributed by atoms with Gasteiger partial charge in [-0.15, -0.1) is 0 Å². The lowest BCUT2D eigenvalue weighted by atomic mass is 10.1. The molecule has 0 fully saturated rings. The zero-order chi connectivity index (χ0) is 11.8. The van der Waals surface area contributed by atoms with Crippen molar-refractivity contribution < 1.29 is 0 Å². The third-order valence-electron chi connectivity index (χ3n) is 2.33. The highest BCUT2D eigenvalue weighted by Gasteiger charge is 2.04. The van der Waals surface area contributed by atoms with Crippen molar-refractivity contribution in [2.75, 3.05) is 0 Å². The van der Waals surface area contributed by atoms with Crippen LogP contribution in [0.15, 0.2) is 23.3 Å². The molecule has 0 aliphatic rings. The average molecular weight is 209 g/mol. The van der Waals surface area contributed by atoms with Crippen LogP contribution in [0.1, 0.15) is 54.4 Å². The van der Waals surface area contributed by atoms with Gasteiger partial charge < -0.3 is 5.32 Å². The molecule has 0 bridgehead atoms. The Morgan fingerprint density at radius 2 is 1.20 bits per heavy atom. The van der Waals surface area contributed by atoms with E-state index in [1.807, 2.05) is 0 Å². The number of hydrogen-bond acceptors (Lipinski definition) is 1. The molecule has 0 radical (unpaired) electrons. The molecule has 0 saturated heterocycles. The van der Waals surface area contributed by atoms with Crippen LogP contribution in [-0.4, -0.2) is 12.1 Å². The highest BCUT2D eigenvalue weighted by molar-refractivity contribution is 4.97. The van der Waals surface area contributed by atoms with Crippen LogP contribution in [0.3, 0.4) is 0 Å². The van der Waals surface area contributed by atoms with Crippen LogP contribution in [-0.2, 0) is 0 Å². The number of nitrogens with one attached hydrogen (secondary N) is 1. The molecule has 0 spiro atoms. The maximum Gasteiger partial charge on any atom is 0.00759 e. The van der Waals surface area contributed by atoms with Crippen molar-refractivity contribution in [3.8, 4) is 0 Å². The summed E-state index contributed by atoms with van der Waals surface area (Å²) >= 11 is 0. The molecular weight excluding hydrogens is 182 g/mol. The largest absolute Gasteiger partial charge is 0.311 e. The Morgan fingerprint density at radius 3 is 1.47 bits per heavy atom. The molecule has 0 saturated carbocycles. The summed E-state index contributed by atoms with van der Waals surface area (Å²) in [5.41, 5.74) is 2.81. The maximum absolute atomic E-state index is 3.60. The molecule has 1 nitrogen and oxygen atoms in total. The topological polar surface area (TPSA) is 12.0 Å². The SMILES string of the molecule is CC(C)=CCC(C)NC(C)CC=C(C)C. The summed E-state index contributed by atoms with van der Waals surface area (Å²) in [5.74, 6) is 0. The molecule has 2 unspecified atom stereocenters. The lowest BCUT2D eigenvalue weighted by Gasteiger charge is -2.18. The lowest BCUT2D eigenvalue weighted by Crippen LogP contribution is -2.33. The van der Waals surface area contributed by atoms with Crippen molar-refractivity contribution in [2.24, 2.45) is 0 Å². The van der Waals surface area contributed by atoms with E-state index in [0.717, 1.165) is 12.8 Å². The number of allylic oxidation sites excluding steroid dienone is 2. The zero-order valence-electron chi connectivity index (χ0n) is 11.2. The molecule has 0 aromatic carbocycles. The smallest absolute Gasteiger partial charge is 0.00759 e. The van der Waals surface area contributed by atoms with E-state index in [9.17, 15) is 0 Å². The lowest BCUT2D eigenvalue weighted by molar-refractivity contribution is 0.470. The minimum atomic E-state index is 0.570. The highest BCUT2D eigenvalue weighted by atomic mass is 14.9. The van der Waals surface area contributed by atoms with Gasteiger partial charge in [0.1, 0.15) is 0 Å². The molecule has 1 N–H and O–H groups in total. The molecule has 88 valence electrons. The van der Waals surface area contributed by atoms with Crippen LogP contribution < -0.4 is 5.32 Å². The predicted molar refractivity (Wildman–Crippen MR) is 70.2 cm³/mol. The summed E-state index contributed by atoms with van der Waals surface area (Å²) in [6, 6.07) is 1.14. The van der Waals surface area contributed by atoms with Crippen molar-refractivity contribution >= 4 is 0 Å². The van der Waals surface area contributed by atoms with Crippen LogP contribution in [0.25, 0.3) is 0 Å². The van der Waals surface area contributed by atoms with Gasteiger partial charge in [-0.05, 0) is 54.4 Å². The minimum Gasteiger partial charge on any atom is -0.311 e. The minimum absolute atomic E-state index is 0.570. The third-order valence-corrected chi connectivity index (χ3v) is 2.33. The van der Waals surface area contributed by atoms with Gasteiger partial charge in [-0.2, -0.15) is 0 Å². The quantitative estimate of drug-likeness (QED) is 0.650. The molecule has 2 atom stereocenters. The highest BCUT2D eigenvalue weighted by Crippen LogP contribution is 2.02. The standard InChI is InChI=1S/C14H27N/c1-11(2)7-9-13(5)15-14(6)10-8-12(3)4/h7-8,13-15H,9-10H2,1-6H3.